The average molecular weight is 457 g/mol. The van der Waals surface area contributed by atoms with Crippen molar-refractivity contribution in [2.75, 3.05) is 26.2 Å². The van der Waals surface area contributed by atoms with Crippen LogP contribution in [-0.4, -0.2) is 49.2 Å². The molecule has 1 aromatic carbocycles. The molecule has 1 heterocycles. The number of benzene rings is 1. The van der Waals surface area contributed by atoms with E-state index in [4.69, 9.17) is 22.1 Å². The van der Waals surface area contributed by atoms with Gasteiger partial charge >= 0.3 is 0 Å². The lowest BCUT2D eigenvalue weighted by molar-refractivity contribution is -0.125. The minimum Gasteiger partial charge on any atom is -0.376 e. The van der Waals surface area contributed by atoms with Crippen LogP contribution >= 0.6 is 36.4 Å². The number of halogens is 4. The summed E-state index contributed by atoms with van der Waals surface area (Å²) in [5.74, 6) is -0.402. The molecule has 160 valence electrons. The maximum Gasteiger partial charge on any atom is 0.223 e. The summed E-state index contributed by atoms with van der Waals surface area (Å²) >= 11 is 6.31. The first-order chi connectivity index (χ1) is 12.5. The Bertz CT molecular complexity index is 633. The minimum atomic E-state index is -0.348. The molecular formula is C19H29Cl3FN3O2. The topological polar surface area (TPSA) is 67.6 Å². The number of hydrogen-bond donors (Lipinski definition) is 2. The lowest BCUT2D eigenvalue weighted by atomic mass is 10.0. The molecule has 1 amide bonds. The first-order valence-corrected chi connectivity index (χ1v) is 9.66. The molecule has 1 aliphatic carbocycles. The first-order valence-electron chi connectivity index (χ1n) is 9.28. The molecule has 4 unspecified atom stereocenters. The number of nitrogens with one attached hydrogen (secondary N) is 1. The molecule has 28 heavy (non-hydrogen) atoms. The van der Waals surface area contributed by atoms with Crippen molar-refractivity contribution in [1.82, 2.24) is 10.2 Å². The Labute approximate surface area is 183 Å². The lowest BCUT2D eigenvalue weighted by Crippen LogP contribution is -2.47. The Morgan fingerprint density at radius 3 is 2.79 bits per heavy atom. The molecule has 2 aliphatic rings. The summed E-state index contributed by atoms with van der Waals surface area (Å²) in [5, 5.41) is 3.39. The predicted molar refractivity (Wildman–Crippen MR) is 114 cm³/mol. The van der Waals surface area contributed by atoms with E-state index in [1.54, 1.807) is 12.1 Å². The molecular weight excluding hydrogens is 428 g/mol. The van der Waals surface area contributed by atoms with Gasteiger partial charge in [-0.1, -0.05) is 17.7 Å². The first kappa shape index (κ1) is 25.4. The summed E-state index contributed by atoms with van der Waals surface area (Å²) in [5.41, 5.74) is 6.35. The molecule has 0 radical (unpaired) electrons. The lowest BCUT2D eigenvalue weighted by Gasteiger charge is -2.38. The van der Waals surface area contributed by atoms with E-state index < -0.39 is 0 Å². The van der Waals surface area contributed by atoms with Crippen molar-refractivity contribution in [3.05, 3.63) is 34.6 Å². The molecule has 2 fully saturated rings. The van der Waals surface area contributed by atoms with Gasteiger partial charge in [0.1, 0.15) is 5.82 Å². The van der Waals surface area contributed by atoms with Crippen LogP contribution in [0.5, 0.6) is 0 Å². The van der Waals surface area contributed by atoms with Crippen LogP contribution in [0.25, 0.3) is 0 Å². The van der Waals surface area contributed by atoms with E-state index in [2.05, 4.69) is 10.2 Å². The highest BCUT2D eigenvalue weighted by Gasteiger charge is 2.32. The number of carbonyl (C=O) groups is 1. The van der Waals surface area contributed by atoms with Crippen molar-refractivity contribution in [2.45, 2.75) is 44.4 Å². The highest BCUT2D eigenvalue weighted by molar-refractivity contribution is 6.31. The quantitative estimate of drug-likeness (QED) is 0.713. The molecule has 3 rings (SSSR count). The molecule has 3 N–H and O–H groups in total. The summed E-state index contributed by atoms with van der Waals surface area (Å²) in [6, 6.07) is 4.47. The van der Waals surface area contributed by atoms with Crippen LogP contribution in [0.15, 0.2) is 18.2 Å². The van der Waals surface area contributed by atoms with Gasteiger partial charge in [0.15, 0.2) is 0 Å². The van der Waals surface area contributed by atoms with E-state index in [0.29, 0.717) is 43.2 Å². The molecule has 0 aromatic heterocycles. The van der Waals surface area contributed by atoms with Crippen molar-refractivity contribution < 1.29 is 13.9 Å². The number of hydrogen-bond acceptors (Lipinski definition) is 4. The van der Waals surface area contributed by atoms with Crippen LogP contribution in [0.4, 0.5) is 4.39 Å². The molecule has 1 aliphatic heterocycles. The average Bonchev–Trinajstić information content (AvgIpc) is 3.03. The van der Waals surface area contributed by atoms with Gasteiger partial charge in [-0.3, -0.25) is 9.69 Å². The standard InChI is InChI=1S/C19H27ClFN3O2.2ClH/c1-12-11-24(7-8-26-12)17(18-15(20)3-2-4-16(18)21)10-23-19(25)13-5-6-14(22)9-13;;/h2-4,12-14,17H,5-11,22H2,1H3,(H,23,25);2*1H. The third-order valence-corrected chi connectivity index (χ3v) is 5.69. The molecule has 1 saturated heterocycles. The summed E-state index contributed by atoms with van der Waals surface area (Å²) in [4.78, 5) is 14.6. The Balaban J connectivity index is 0.00000196. The Morgan fingerprint density at radius 1 is 1.43 bits per heavy atom. The second-order valence-electron chi connectivity index (χ2n) is 7.34. The number of rotatable bonds is 5. The minimum absolute atomic E-state index is 0. The molecule has 1 aromatic rings. The zero-order valence-electron chi connectivity index (χ0n) is 15.9. The van der Waals surface area contributed by atoms with Crippen LogP contribution in [0.2, 0.25) is 5.02 Å². The van der Waals surface area contributed by atoms with Crippen LogP contribution in [0.3, 0.4) is 0 Å². The van der Waals surface area contributed by atoms with Crippen LogP contribution in [-0.2, 0) is 9.53 Å². The third kappa shape index (κ3) is 6.18. The highest BCUT2D eigenvalue weighted by atomic mass is 35.5. The van der Waals surface area contributed by atoms with E-state index >= 15 is 0 Å². The van der Waals surface area contributed by atoms with Crippen molar-refractivity contribution in [2.24, 2.45) is 11.7 Å². The Kier molecular flexibility index (Phi) is 10.5. The summed E-state index contributed by atoms with van der Waals surface area (Å²) in [6.45, 7) is 4.22. The molecule has 4 atom stereocenters. The normalized spacial score (nSPS) is 26.1. The predicted octanol–water partition coefficient (Wildman–Crippen LogP) is 3.33. The van der Waals surface area contributed by atoms with Crippen molar-refractivity contribution in [3.8, 4) is 0 Å². The van der Waals surface area contributed by atoms with Gasteiger partial charge in [0, 0.05) is 42.2 Å². The van der Waals surface area contributed by atoms with Crippen LogP contribution in [0, 0.1) is 11.7 Å². The zero-order valence-corrected chi connectivity index (χ0v) is 18.3. The van der Waals surface area contributed by atoms with Gasteiger partial charge in [0.05, 0.1) is 18.8 Å². The maximum absolute atomic E-state index is 14.6. The number of nitrogens with two attached hydrogens (primary N) is 1. The smallest absolute Gasteiger partial charge is 0.223 e. The molecule has 5 nitrogen and oxygen atoms in total. The van der Waals surface area contributed by atoms with E-state index in [1.165, 1.54) is 6.07 Å². The van der Waals surface area contributed by atoms with E-state index in [-0.39, 0.29) is 60.6 Å². The summed E-state index contributed by atoms with van der Waals surface area (Å²) in [6.07, 6.45) is 2.46. The number of amides is 1. The maximum atomic E-state index is 14.6. The van der Waals surface area contributed by atoms with Crippen LogP contribution < -0.4 is 11.1 Å². The third-order valence-electron chi connectivity index (χ3n) is 5.36. The highest BCUT2D eigenvalue weighted by Crippen LogP contribution is 2.31. The fourth-order valence-corrected chi connectivity index (χ4v) is 4.26. The molecule has 0 spiro atoms. The SMILES string of the molecule is CC1CN(C(CNC(=O)C2CCC(N)C2)c2c(F)cccc2Cl)CCO1.Cl.Cl. The van der Waals surface area contributed by atoms with Crippen LogP contribution in [0.1, 0.15) is 37.8 Å². The zero-order chi connectivity index (χ0) is 18.7. The van der Waals surface area contributed by atoms with E-state index in [0.717, 1.165) is 12.8 Å². The fourth-order valence-electron chi connectivity index (χ4n) is 3.97. The number of carbonyl (C=O) groups excluding carboxylic acids is 1. The Morgan fingerprint density at radius 2 is 2.18 bits per heavy atom. The number of ether oxygens (including phenoxy) is 1. The van der Waals surface area contributed by atoms with Crippen molar-refractivity contribution >= 4 is 42.3 Å². The molecule has 1 saturated carbocycles. The van der Waals surface area contributed by atoms with E-state index in [1.807, 2.05) is 6.92 Å². The largest absolute Gasteiger partial charge is 0.376 e. The van der Waals surface area contributed by atoms with Gasteiger partial charge in [0.2, 0.25) is 5.91 Å². The summed E-state index contributed by atoms with van der Waals surface area (Å²) < 4.78 is 20.2. The van der Waals surface area contributed by atoms with E-state index in [9.17, 15) is 9.18 Å². The Hall–Kier alpha value is -0.630. The second kappa shape index (κ2) is 11.5. The van der Waals surface area contributed by atoms with Gasteiger partial charge in [-0.15, -0.1) is 24.8 Å². The van der Waals surface area contributed by atoms with Gasteiger partial charge in [-0.05, 0) is 38.3 Å². The molecule has 0 bridgehead atoms. The second-order valence-corrected chi connectivity index (χ2v) is 7.75. The van der Waals surface area contributed by atoms with Crippen molar-refractivity contribution in [1.29, 1.82) is 0 Å². The van der Waals surface area contributed by atoms with Gasteiger partial charge in [-0.2, -0.15) is 0 Å². The number of nitrogens with zero attached hydrogens (tertiary/aromatic N) is 1. The monoisotopic (exact) mass is 455 g/mol. The van der Waals surface area contributed by atoms with Gasteiger partial charge in [0.25, 0.3) is 0 Å². The van der Waals surface area contributed by atoms with Gasteiger partial charge in [-0.25, -0.2) is 4.39 Å². The summed E-state index contributed by atoms with van der Waals surface area (Å²) in [7, 11) is 0. The van der Waals surface area contributed by atoms with Crippen molar-refractivity contribution in [3.63, 3.8) is 0 Å². The molecule has 9 heteroatoms. The fraction of sp³-hybridized carbons (Fsp3) is 0.632. The number of morpholine rings is 1. The van der Waals surface area contributed by atoms with Gasteiger partial charge < -0.3 is 15.8 Å².